The molecule has 0 amide bonds. The number of hydrogen-bond acceptors (Lipinski definition) is 4. The van der Waals surface area contributed by atoms with E-state index >= 15 is 0 Å². The van der Waals surface area contributed by atoms with Crippen molar-refractivity contribution in [2.45, 2.75) is 89.1 Å². The predicted molar refractivity (Wildman–Crippen MR) is 221 cm³/mol. The van der Waals surface area contributed by atoms with Crippen LogP contribution in [0.2, 0.25) is 0 Å². The topological polar surface area (TPSA) is 74.8 Å². The smallest absolute Gasteiger partial charge is 0.273 e. The summed E-state index contributed by atoms with van der Waals surface area (Å²) in [5.74, 6) is -3.35. The number of nitrogens with zero attached hydrogens (tertiary/aromatic N) is 2. The van der Waals surface area contributed by atoms with Gasteiger partial charge in [0.1, 0.15) is 0 Å². The van der Waals surface area contributed by atoms with Gasteiger partial charge < -0.3 is 0 Å². The van der Waals surface area contributed by atoms with Gasteiger partial charge in [0.25, 0.3) is 0 Å². The monoisotopic (exact) mass is 882 g/mol. The predicted octanol–water partition coefficient (Wildman–Crippen LogP) is 10.7. The fourth-order valence-corrected chi connectivity index (χ4v) is 8.12. The summed E-state index contributed by atoms with van der Waals surface area (Å²) in [6.07, 6.45) is 22.9. The number of rotatable bonds is 14. The minimum absolute atomic E-state index is 0. The van der Waals surface area contributed by atoms with E-state index in [0.29, 0.717) is 12.8 Å². The molecule has 6 rings (SSSR count). The molecular formula is C46H50F4N2O4S2Ti. The Morgan fingerprint density at radius 3 is 1.17 bits per heavy atom. The van der Waals surface area contributed by atoms with Gasteiger partial charge in [-0.05, 0) is 64.0 Å². The second-order valence-corrected chi connectivity index (χ2v) is 17.2. The van der Waals surface area contributed by atoms with E-state index in [1.165, 1.54) is 45.0 Å². The minimum Gasteiger partial charge on any atom is -0.273 e. The molecule has 312 valence electrons. The maximum absolute atomic E-state index is 13.9. The quantitative estimate of drug-likeness (QED) is 0.0718. The maximum Gasteiger partial charge on any atom is 4.00 e. The molecule has 6 nitrogen and oxygen atoms in total. The Morgan fingerprint density at radius 2 is 0.915 bits per heavy atom. The summed E-state index contributed by atoms with van der Waals surface area (Å²) in [6.45, 7) is 7.86. The summed E-state index contributed by atoms with van der Waals surface area (Å²) in [4.78, 5) is 0.325. The summed E-state index contributed by atoms with van der Waals surface area (Å²) < 4.78 is 108. The Morgan fingerprint density at radius 1 is 0.559 bits per heavy atom. The Hall–Kier alpha value is -3.91. The Kier molecular flexibility index (Phi) is 22.9. The molecule has 0 aromatic heterocycles. The summed E-state index contributed by atoms with van der Waals surface area (Å²) in [5, 5.41) is 0. The fourth-order valence-electron chi connectivity index (χ4n) is 5.21. The number of halogens is 4. The van der Waals surface area contributed by atoms with Crippen molar-refractivity contribution in [1.82, 2.24) is 8.61 Å². The molecule has 0 spiro atoms. The zero-order valence-electron chi connectivity index (χ0n) is 33.8. The Labute approximate surface area is 364 Å². The zero-order chi connectivity index (χ0) is 42.6. The third-order valence-electron chi connectivity index (χ3n) is 8.59. The molecule has 0 bridgehead atoms. The van der Waals surface area contributed by atoms with Crippen LogP contribution in [0.1, 0.15) is 74.6 Å². The SMILES string of the molecule is CCCCN(Cc1ccc(F)[c-]c1F)S(=O)(=O)c1ccc(C)cc1.CCCCN(Cc1ccc(F)[c-]c1F)S(=O)(=O)c1ccc(C)cc1.[C-]1=CC=CC1.[C-]1=CC=CC1.[Ti+4]. The zero-order valence-corrected chi connectivity index (χ0v) is 37.0. The number of unbranched alkanes of at least 4 members (excludes halogenated alkanes) is 2. The van der Waals surface area contributed by atoms with Crippen molar-refractivity contribution in [2.75, 3.05) is 13.1 Å². The van der Waals surface area contributed by atoms with Crippen molar-refractivity contribution in [3.8, 4) is 0 Å². The first-order chi connectivity index (χ1) is 27.7. The number of sulfonamides is 2. The third-order valence-corrected chi connectivity index (χ3v) is 12.3. The summed E-state index contributed by atoms with van der Waals surface area (Å²) in [5.41, 5.74) is 2.10. The molecule has 59 heavy (non-hydrogen) atoms. The van der Waals surface area contributed by atoms with Crippen molar-refractivity contribution < 1.29 is 56.1 Å². The molecule has 4 aromatic carbocycles. The Balaban J connectivity index is 0.000000323. The molecule has 0 N–H and O–H groups in total. The van der Waals surface area contributed by atoms with E-state index in [2.05, 4.69) is 24.3 Å². The maximum atomic E-state index is 13.9. The first kappa shape index (κ1) is 51.2. The molecule has 13 heteroatoms. The van der Waals surface area contributed by atoms with E-state index in [0.717, 1.165) is 48.9 Å². The van der Waals surface area contributed by atoms with Gasteiger partial charge in [0.05, 0.1) is 9.79 Å². The van der Waals surface area contributed by atoms with Gasteiger partial charge in [0, 0.05) is 36.4 Å². The first-order valence-electron chi connectivity index (χ1n) is 19.0. The van der Waals surface area contributed by atoms with Gasteiger partial charge in [-0.3, -0.25) is 12.2 Å². The van der Waals surface area contributed by atoms with Crippen LogP contribution in [-0.2, 0) is 54.9 Å². The molecule has 0 aliphatic heterocycles. The van der Waals surface area contributed by atoms with Crippen LogP contribution in [0.25, 0.3) is 0 Å². The van der Waals surface area contributed by atoms with Gasteiger partial charge in [0.2, 0.25) is 20.0 Å². The number of hydrogen-bond donors (Lipinski definition) is 0. The van der Waals surface area contributed by atoms with Gasteiger partial charge in [-0.15, -0.1) is 48.2 Å². The summed E-state index contributed by atoms with van der Waals surface area (Å²) >= 11 is 0. The van der Waals surface area contributed by atoms with Gasteiger partial charge in [-0.25, -0.2) is 67.3 Å². The molecule has 0 heterocycles. The normalized spacial score (nSPS) is 12.6. The minimum atomic E-state index is -3.76. The largest absolute Gasteiger partial charge is 4.00 e. The van der Waals surface area contributed by atoms with Crippen LogP contribution < -0.4 is 0 Å². The number of aryl methyl sites for hydroxylation is 2. The summed E-state index contributed by atoms with van der Waals surface area (Å²) in [6, 6.07) is 21.6. The molecule has 2 aliphatic rings. The molecule has 4 aromatic rings. The van der Waals surface area contributed by atoms with Crippen molar-refractivity contribution in [2.24, 2.45) is 0 Å². The average Bonchev–Trinajstić information content (AvgIpc) is 3.98. The van der Waals surface area contributed by atoms with E-state index in [1.807, 2.05) is 64.1 Å². The molecule has 0 radical (unpaired) electrons. The van der Waals surface area contributed by atoms with Crippen molar-refractivity contribution in [3.63, 3.8) is 0 Å². The number of benzene rings is 4. The van der Waals surface area contributed by atoms with Gasteiger partial charge >= 0.3 is 21.7 Å². The van der Waals surface area contributed by atoms with Crippen LogP contribution in [0, 0.1) is 61.4 Å². The van der Waals surface area contributed by atoms with Crippen LogP contribution >= 0.6 is 0 Å². The molecule has 0 atom stereocenters. The second kappa shape index (κ2) is 26.3. The molecular weight excluding hydrogens is 833 g/mol. The van der Waals surface area contributed by atoms with Crippen LogP contribution in [-0.4, -0.2) is 38.5 Å². The molecule has 2 aliphatic carbocycles. The van der Waals surface area contributed by atoms with Crippen LogP contribution in [0.4, 0.5) is 17.6 Å². The van der Waals surface area contributed by atoms with Crippen molar-refractivity contribution in [3.05, 3.63) is 179 Å². The van der Waals surface area contributed by atoms with Gasteiger partial charge in [-0.1, -0.05) is 62.1 Å². The van der Waals surface area contributed by atoms with Crippen LogP contribution in [0.3, 0.4) is 0 Å². The van der Waals surface area contributed by atoms with E-state index in [-0.39, 0.29) is 68.8 Å². The van der Waals surface area contributed by atoms with Gasteiger partial charge in [-0.2, -0.15) is 24.3 Å². The first-order valence-corrected chi connectivity index (χ1v) is 21.9. The second-order valence-electron chi connectivity index (χ2n) is 13.3. The van der Waals surface area contributed by atoms with E-state index in [1.54, 1.807) is 24.3 Å². The van der Waals surface area contributed by atoms with Crippen LogP contribution in [0.15, 0.2) is 119 Å². The average molecular weight is 883 g/mol. The van der Waals surface area contributed by atoms with E-state index < -0.39 is 43.3 Å². The fraction of sp³-hybridized carbons (Fsp3) is 0.304. The standard InChI is InChI=1S/2C18H20F2NO2S.2C5H5.Ti/c2*1-3-4-11-21(13-15-7-8-16(19)12-18(15)20)24(22,23)17-9-5-14(2)6-10-17;2*1-2-4-5-3-1;/h2*5-10H,3-4,11,13H2,1-2H3;2*1-3H,4H2;/q4*-1;+4. The third kappa shape index (κ3) is 17.3. The van der Waals surface area contributed by atoms with Gasteiger partial charge in [0.15, 0.2) is 0 Å². The van der Waals surface area contributed by atoms with Crippen LogP contribution in [0.5, 0.6) is 0 Å². The molecule has 0 fully saturated rings. The molecule has 0 saturated carbocycles. The Bertz CT molecular complexity index is 2050. The van der Waals surface area contributed by atoms with Crippen molar-refractivity contribution in [1.29, 1.82) is 0 Å². The van der Waals surface area contributed by atoms with E-state index in [4.69, 9.17) is 0 Å². The molecule has 0 saturated heterocycles. The molecule has 0 unspecified atom stereocenters. The summed E-state index contributed by atoms with van der Waals surface area (Å²) in [7, 11) is -7.51. The number of allylic oxidation sites excluding steroid dienone is 8. The van der Waals surface area contributed by atoms with Crippen molar-refractivity contribution >= 4 is 20.0 Å². The van der Waals surface area contributed by atoms with E-state index in [9.17, 15) is 34.4 Å².